The average molecular weight is 429 g/mol. The van der Waals surface area contributed by atoms with Crippen LogP contribution < -0.4 is 5.32 Å². The minimum atomic E-state index is -3.72. The maximum absolute atomic E-state index is 12.8. The highest BCUT2D eigenvalue weighted by atomic mass is 35.5. The summed E-state index contributed by atoms with van der Waals surface area (Å²) in [4.78, 5) is 14.1. The number of piperazine rings is 1. The topological polar surface area (TPSA) is 69.7 Å². The van der Waals surface area contributed by atoms with Crippen LogP contribution in [0.1, 0.15) is 12.8 Å². The van der Waals surface area contributed by atoms with E-state index in [0.717, 1.165) is 19.4 Å². The highest BCUT2D eigenvalue weighted by molar-refractivity contribution is 7.89. The van der Waals surface area contributed by atoms with E-state index in [1.807, 2.05) is 0 Å². The number of amides is 1. The molecule has 2 aliphatic rings. The van der Waals surface area contributed by atoms with Gasteiger partial charge in [-0.3, -0.25) is 4.79 Å². The third kappa shape index (κ3) is 4.40. The van der Waals surface area contributed by atoms with E-state index in [2.05, 4.69) is 5.32 Å². The highest BCUT2D eigenvalue weighted by Gasteiger charge is 2.34. The Morgan fingerprint density at radius 2 is 1.84 bits per heavy atom. The van der Waals surface area contributed by atoms with Crippen LogP contribution in [0.15, 0.2) is 23.1 Å². The van der Waals surface area contributed by atoms with Gasteiger partial charge in [0.05, 0.1) is 11.1 Å². The standard InChI is InChI=1S/C15H19Cl2N3O3S.ClH/c16-11-3-4-12(17)14(10-11)24(22,23)20-8-6-19(7-9-20)15(21)13-2-1-5-18-13;/h3-4,10,13,18H,1-2,5-9H2;1H. The number of benzene rings is 1. The van der Waals surface area contributed by atoms with E-state index in [-0.39, 0.29) is 47.4 Å². The van der Waals surface area contributed by atoms with E-state index in [1.165, 1.54) is 16.4 Å². The van der Waals surface area contributed by atoms with Gasteiger partial charge in [0.15, 0.2) is 0 Å². The van der Waals surface area contributed by atoms with E-state index in [1.54, 1.807) is 11.0 Å². The first-order chi connectivity index (χ1) is 11.4. The molecule has 1 aromatic rings. The van der Waals surface area contributed by atoms with Crippen molar-refractivity contribution in [1.29, 1.82) is 0 Å². The predicted molar refractivity (Wildman–Crippen MR) is 100 cm³/mol. The number of nitrogens with one attached hydrogen (secondary N) is 1. The molecule has 0 aromatic heterocycles. The maximum atomic E-state index is 12.8. The largest absolute Gasteiger partial charge is 0.339 e. The van der Waals surface area contributed by atoms with Crippen LogP contribution in [0.25, 0.3) is 0 Å². The first-order valence-electron chi connectivity index (χ1n) is 7.87. The molecular weight excluding hydrogens is 409 g/mol. The number of carbonyl (C=O) groups is 1. The smallest absolute Gasteiger partial charge is 0.244 e. The van der Waals surface area contributed by atoms with Crippen LogP contribution in [0, 0.1) is 0 Å². The molecule has 10 heteroatoms. The molecule has 1 amide bonds. The van der Waals surface area contributed by atoms with Crippen LogP contribution in [0.5, 0.6) is 0 Å². The molecule has 0 saturated carbocycles. The number of carbonyl (C=O) groups excluding carboxylic acids is 1. The molecule has 0 spiro atoms. The summed E-state index contributed by atoms with van der Waals surface area (Å²) in [7, 11) is -3.72. The Morgan fingerprint density at radius 1 is 1.16 bits per heavy atom. The fraction of sp³-hybridized carbons (Fsp3) is 0.533. The maximum Gasteiger partial charge on any atom is 0.244 e. The van der Waals surface area contributed by atoms with Crippen molar-refractivity contribution in [3.8, 4) is 0 Å². The molecule has 0 bridgehead atoms. The molecule has 25 heavy (non-hydrogen) atoms. The fourth-order valence-electron chi connectivity index (χ4n) is 3.08. The molecule has 0 radical (unpaired) electrons. The lowest BCUT2D eigenvalue weighted by molar-refractivity contribution is -0.134. The van der Waals surface area contributed by atoms with Crippen LogP contribution in [-0.4, -0.2) is 62.3 Å². The van der Waals surface area contributed by atoms with E-state index in [9.17, 15) is 13.2 Å². The SMILES string of the molecule is Cl.O=C(C1CCCN1)N1CCN(S(=O)(=O)c2cc(Cl)ccc2Cl)CC1. The van der Waals surface area contributed by atoms with Crippen molar-refractivity contribution in [1.82, 2.24) is 14.5 Å². The lowest BCUT2D eigenvalue weighted by atomic mass is 10.2. The monoisotopic (exact) mass is 427 g/mol. The highest BCUT2D eigenvalue weighted by Crippen LogP contribution is 2.28. The summed E-state index contributed by atoms with van der Waals surface area (Å²) >= 11 is 11.9. The number of nitrogens with zero attached hydrogens (tertiary/aromatic N) is 2. The van der Waals surface area contributed by atoms with Crippen LogP contribution in [0.3, 0.4) is 0 Å². The van der Waals surface area contributed by atoms with Crippen molar-refractivity contribution < 1.29 is 13.2 Å². The second kappa shape index (κ2) is 8.41. The lowest BCUT2D eigenvalue weighted by Gasteiger charge is -2.35. The average Bonchev–Trinajstić information content (AvgIpc) is 3.11. The molecule has 1 aromatic carbocycles. The normalized spacial score (nSPS) is 21.8. The van der Waals surface area contributed by atoms with Crippen LogP contribution >= 0.6 is 35.6 Å². The number of rotatable bonds is 3. The molecule has 3 rings (SSSR count). The summed E-state index contributed by atoms with van der Waals surface area (Å²) in [5, 5.41) is 3.64. The van der Waals surface area contributed by atoms with Crippen molar-refractivity contribution in [3.63, 3.8) is 0 Å². The summed E-state index contributed by atoms with van der Waals surface area (Å²) in [5.41, 5.74) is 0. The second-order valence-corrected chi connectivity index (χ2v) is 8.70. The van der Waals surface area contributed by atoms with Crippen molar-refractivity contribution in [2.24, 2.45) is 0 Å². The molecule has 2 aliphatic heterocycles. The Balaban J connectivity index is 0.00000225. The Bertz CT molecular complexity index is 731. The van der Waals surface area contributed by atoms with Gasteiger partial charge in [-0.1, -0.05) is 23.2 Å². The van der Waals surface area contributed by atoms with E-state index in [4.69, 9.17) is 23.2 Å². The molecule has 2 heterocycles. The van der Waals surface area contributed by atoms with Gasteiger partial charge in [0.25, 0.3) is 0 Å². The number of sulfonamides is 1. The third-order valence-electron chi connectivity index (χ3n) is 4.42. The van der Waals surface area contributed by atoms with Crippen molar-refractivity contribution in [2.75, 3.05) is 32.7 Å². The Labute approximate surface area is 163 Å². The fourth-order valence-corrected chi connectivity index (χ4v) is 5.24. The van der Waals surface area contributed by atoms with Crippen molar-refractivity contribution in [3.05, 3.63) is 28.2 Å². The zero-order chi connectivity index (χ0) is 17.3. The molecule has 2 fully saturated rings. The summed E-state index contributed by atoms with van der Waals surface area (Å²) in [6, 6.07) is 4.26. The van der Waals surface area contributed by atoms with Crippen molar-refractivity contribution >= 4 is 51.5 Å². The van der Waals surface area contributed by atoms with Gasteiger partial charge in [-0.25, -0.2) is 8.42 Å². The molecule has 140 valence electrons. The number of hydrogen-bond donors (Lipinski definition) is 1. The summed E-state index contributed by atoms with van der Waals surface area (Å²) < 4.78 is 26.9. The van der Waals surface area contributed by atoms with Crippen LogP contribution in [0.2, 0.25) is 10.0 Å². The quantitative estimate of drug-likeness (QED) is 0.799. The Kier molecular flexibility index (Phi) is 6.98. The molecule has 1 atom stereocenters. The zero-order valence-corrected chi connectivity index (χ0v) is 16.6. The lowest BCUT2D eigenvalue weighted by Crippen LogP contribution is -2.54. The van der Waals surface area contributed by atoms with Gasteiger partial charge in [-0.05, 0) is 37.6 Å². The van der Waals surface area contributed by atoms with Crippen LogP contribution in [0.4, 0.5) is 0 Å². The van der Waals surface area contributed by atoms with Gasteiger partial charge in [0.2, 0.25) is 15.9 Å². The van der Waals surface area contributed by atoms with E-state index >= 15 is 0 Å². The minimum absolute atomic E-state index is 0. The minimum Gasteiger partial charge on any atom is -0.339 e. The Morgan fingerprint density at radius 3 is 2.44 bits per heavy atom. The number of halogens is 3. The van der Waals surface area contributed by atoms with Gasteiger partial charge in [0, 0.05) is 31.2 Å². The van der Waals surface area contributed by atoms with Crippen LogP contribution in [-0.2, 0) is 14.8 Å². The molecule has 2 saturated heterocycles. The third-order valence-corrected chi connectivity index (χ3v) is 7.04. The first kappa shape index (κ1) is 20.7. The molecule has 6 nitrogen and oxygen atoms in total. The van der Waals surface area contributed by atoms with E-state index in [0.29, 0.717) is 18.1 Å². The summed E-state index contributed by atoms with van der Waals surface area (Å²) in [6.07, 6.45) is 1.84. The van der Waals surface area contributed by atoms with E-state index < -0.39 is 10.0 Å². The molecular formula is C15H20Cl3N3O3S. The van der Waals surface area contributed by atoms with Gasteiger partial charge in [-0.15, -0.1) is 12.4 Å². The van der Waals surface area contributed by atoms with Gasteiger partial charge < -0.3 is 10.2 Å². The zero-order valence-electron chi connectivity index (χ0n) is 13.5. The molecule has 0 aliphatic carbocycles. The van der Waals surface area contributed by atoms with Gasteiger partial charge >= 0.3 is 0 Å². The summed E-state index contributed by atoms with van der Waals surface area (Å²) in [6.45, 7) is 2.13. The molecule has 1 N–H and O–H groups in total. The predicted octanol–water partition coefficient (Wildman–Crippen LogP) is 2.00. The van der Waals surface area contributed by atoms with Gasteiger partial charge in [-0.2, -0.15) is 4.31 Å². The van der Waals surface area contributed by atoms with Gasteiger partial charge in [0.1, 0.15) is 4.90 Å². The first-order valence-corrected chi connectivity index (χ1v) is 10.1. The Hall–Kier alpha value is -0.570. The molecule has 1 unspecified atom stereocenters. The van der Waals surface area contributed by atoms with Crippen molar-refractivity contribution in [2.45, 2.75) is 23.8 Å². The second-order valence-electron chi connectivity index (χ2n) is 5.95. The number of hydrogen-bond acceptors (Lipinski definition) is 4. The summed E-state index contributed by atoms with van der Waals surface area (Å²) in [5.74, 6) is 0.0605.